The molecule has 1 aromatic carbocycles. The van der Waals surface area contributed by atoms with Gasteiger partial charge in [0.2, 0.25) is 0 Å². The zero-order valence-electron chi connectivity index (χ0n) is 9.11. The molecule has 1 rings (SSSR count). The number of benzene rings is 1. The van der Waals surface area contributed by atoms with Crippen LogP contribution in [0.1, 0.15) is 21.5 Å². The van der Waals surface area contributed by atoms with Crippen LogP contribution in [-0.4, -0.2) is 19.1 Å². The van der Waals surface area contributed by atoms with Crippen LogP contribution in [0.4, 0.5) is 13.2 Å². The van der Waals surface area contributed by atoms with E-state index in [1.807, 2.05) is 0 Å². The van der Waals surface area contributed by atoms with E-state index >= 15 is 0 Å². The van der Waals surface area contributed by atoms with Gasteiger partial charge in [-0.3, -0.25) is 4.79 Å². The Morgan fingerprint density at radius 1 is 1.25 bits per heavy atom. The maximum absolute atomic E-state index is 12.3. The molecule has 0 atom stereocenters. The van der Waals surface area contributed by atoms with Crippen molar-refractivity contribution in [1.29, 1.82) is 0 Å². The lowest BCUT2D eigenvalue weighted by atomic mass is 10.0. The molecule has 16 heavy (non-hydrogen) atoms. The zero-order valence-corrected chi connectivity index (χ0v) is 9.11. The molecule has 0 aliphatic heterocycles. The topological polar surface area (TPSA) is 26.3 Å². The molecule has 0 saturated heterocycles. The van der Waals surface area contributed by atoms with Crippen molar-refractivity contribution in [2.24, 2.45) is 0 Å². The second-order valence-electron chi connectivity index (χ2n) is 3.49. The molecule has 0 amide bonds. The molecule has 0 bridgehead atoms. The van der Waals surface area contributed by atoms with Crippen LogP contribution in [0, 0.1) is 13.8 Å². The fourth-order valence-electron chi connectivity index (χ4n) is 1.52. The lowest BCUT2D eigenvalue weighted by Crippen LogP contribution is -2.24. The summed E-state index contributed by atoms with van der Waals surface area (Å²) in [7, 11) is 1.24. The first-order valence-corrected chi connectivity index (χ1v) is 4.54. The maximum Gasteiger partial charge on any atom is 0.455 e. The van der Waals surface area contributed by atoms with Crippen molar-refractivity contribution < 1.29 is 22.7 Å². The van der Waals surface area contributed by atoms with Crippen LogP contribution in [-0.2, 0) is 0 Å². The number of carbonyl (C=O) groups excluding carboxylic acids is 1. The third-order valence-electron chi connectivity index (χ3n) is 2.15. The van der Waals surface area contributed by atoms with Crippen molar-refractivity contribution in [3.05, 3.63) is 28.8 Å². The fourth-order valence-corrected chi connectivity index (χ4v) is 1.52. The summed E-state index contributed by atoms with van der Waals surface area (Å²) in [5.74, 6) is -1.92. The minimum absolute atomic E-state index is 0.0418. The number of halogens is 3. The van der Waals surface area contributed by atoms with Gasteiger partial charge in [-0.15, -0.1) is 0 Å². The van der Waals surface area contributed by atoms with Gasteiger partial charge in [0.05, 0.1) is 12.7 Å². The molecule has 0 aliphatic rings. The highest BCUT2D eigenvalue weighted by Crippen LogP contribution is 2.30. The summed E-state index contributed by atoms with van der Waals surface area (Å²) in [5, 5.41) is 0. The summed E-state index contributed by atoms with van der Waals surface area (Å²) in [6, 6.07) is 2.92. The normalized spacial score (nSPS) is 11.4. The predicted octanol–water partition coefficient (Wildman–Crippen LogP) is 3.06. The molecule has 0 saturated carbocycles. The monoisotopic (exact) mass is 232 g/mol. The van der Waals surface area contributed by atoms with Crippen LogP contribution in [0.2, 0.25) is 0 Å². The molecule has 0 heterocycles. The third kappa shape index (κ3) is 2.35. The van der Waals surface area contributed by atoms with Crippen molar-refractivity contribution in [3.8, 4) is 5.75 Å². The summed E-state index contributed by atoms with van der Waals surface area (Å²) >= 11 is 0. The van der Waals surface area contributed by atoms with Gasteiger partial charge in [-0.1, -0.05) is 6.07 Å². The lowest BCUT2D eigenvalue weighted by Gasteiger charge is -2.13. The van der Waals surface area contributed by atoms with E-state index < -0.39 is 17.5 Å². The molecule has 2 nitrogen and oxygen atoms in total. The van der Waals surface area contributed by atoms with E-state index in [0.717, 1.165) is 5.56 Å². The second kappa shape index (κ2) is 4.15. The minimum Gasteiger partial charge on any atom is -0.496 e. The van der Waals surface area contributed by atoms with Gasteiger partial charge in [0.1, 0.15) is 5.75 Å². The van der Waals surface area contributed by atoms with Gasteiger partial charge in [0.25, 0.3) is 5.78 Å². The number of rotatable bonds is 2. The van der Waals surface area contributed by atoms with Crippen molar-refractivity contribution >= 4 is 5.78 Å². The first-order valence-electron chi connectivity index (χ1n) is 4.54. The highest BCUT2D eigenvalue weighted by Gasteiger charge is 2.41. The predicted molar refractivity (Wildman–Crippen MR) is 52.9 cm³/mol. The molecular formula is C11H11F3O2. The standard InChI is InChI=1S/C11H11F3O2/c1-6-4-7(2)9(8(5-6)16-3)10(15)11(12,13)14/h4-5H,1-3H3. The van der Waals surface area contributed by atoms with E-state index in [4.69, 9.17) is 4.74 Å². The van der Waals surface area contributed by atoms with E-state index in [2.05, 4.69) is 0 Å². The van der Waals surface area contributed by atoms with Crippen LogP contribution in [0.25, 0.3) is 0 Å². The van der Waals surface area contributed by atoms with E-state index in [1.165, 1.54) is 26.2 Å². The van der Waals surface area contributed by atoms with Crippen molar-refractivity contribution in [3.63, 3.8) is 0 Å². The SMILES string of the molecule is COc1cc(C)cc(C)c1C(=O)C(F)(F)F. The van der Waals surface area contributed by atoms with Gasteiger partial charge < -0.3 is 4.74 Å². The molecule has 88 valence electrons. The average Bonchev–Trinajstić information content (AvgIpc) is 2.14. The molecule has 0 unspecified atom stereocenters. The molecule has 0 radical (unpaired) electrons. The molecule has 5 heteroatoms. The van der Waals surface area contributed by atoms with E-state index in [0.29, 0.717) is 0 Å². The van der Waals surface area contributed by atoms with Crippen LogP contribution >= 0.6 is 0 Å². The fraction of sp³-hybridized carbons (Fsp3) is 0.364. The van der Waals surface area contributed by atoms with Gasteiger partial charge in [0.15, 0.2) is 0 Å². The number of ketones is 1. The zero-order chi connectivity index (χ0) is 12.5. The Morgan fingerprint density at radius 2 is 1.81 bits per heavy atom. The number of alkyl halides is 3. The Labute approximate surface area is 91.0 Å². The Hall–Kier alpha value is -1.52. The molecule has 1 aromatic rings. The summed E-state index contributed by atoms with van der Waals surface area (Å²) in [4.78, 5) is 11.2. The summed E-state index contributed by atoms with van der Waals surface area (Å²) in [5.41, 5.74) is 0.591. The number of methoxy groups -OCH3 is 1. The molecule has 0 spiro atoms. The second-order valence-corrected chi connectivity index (χ2v) is 3.49. The summed E-state index contributed by atoms with van der Waals surface area (Å²) in [6.45, 7) is 3.17. The summed E-state index contributed by atoms with van der Waals surface area (Å²) < 4.78 is 41.8. The Bertz CT molecular complexity index is 422. The quantitative estimate of drug-likeness (QED) is 0.732. The number of carbonyl (C=O) groups is 1. The van der Waals surface area contributed by atoms with Crippen molar-refractivity contribution in [2.75, 3.05) is 7.11 Å². The van der Waals surface area contributed by atoms with Crippen molar-refractivity contribution in [2.45, 2.75) is 20.0 Å². The van der Waals surface area contributed by atoms with Crippen LogP contribution < -0.4 is 4.74 Å². The number of aryl methyl sites for hydroxylation is 2. The minimum atomic E-state index is -4.88. The first kappa shape index (κ1) is 12.5. The first-order chi connectivity index (χ1) is 7.27. The van der Waals surface area contributed by atoms with E-state index in [1.54, 1.807) is 6.92 Å². The van der Waals surface area contributed by atoms with E-state index in [-0.39, 0.29) is 11.3 Å². The van der Waals surface area contributed by atoms with Crippen LogP contribution in [0.3, 0.4) is 0 Å². The Balaban J connectivity index is 3.38. The Kier molecular flexibility index (Phi) is 3.26. The smallest absolute Gasteiger partial charge is 0.455 e. The average molecular weight is 232 g/mol. The lowest BCUT2D eigenvalue weighted by molar-refractivity contribution is -0.0887. The maximum atomic E-state index is 12.3. The van der Waals surface area contributed by atoms with E-state index in [9.17, 15) is 18.0 Å². The highest BCUT2D eigenvalue weighted by molar-refractivity contribution is 6.03. The van der Waals surface area contributed by atoms with Gasteiger partial charge in [-0.05, 0) is 31.0 Å². The van der Waals surface area contributed by atoms with Gasteiger partial charge >= 0.3 is 6.18 Å². The highest BCUT2D eigenvalue weighted by atomic mass is 19.4. The van der Waals surface area contributed by atoms with Gasteiger partial charge in [-0.2, -0.15) is 13.2 Å². The molecule has 0 fully saturated rings. The third-order valence-corrected chi connectivity index (χ3v) is 2.15. The summed E-state index contributed by atoms with van der Waals surface area (Å²) in [6.07, 6.45) is -4.88. The van der Waals surface area contributed by atoms with Crippen LogP contribution in [0.5, 0.6) is 5.75 Å². The molecule has 0 aromatic heterocycles. The number of hydrogen-bond acceptors (Lipinski definition) is 2. The van der Waals surface area contributed by atoms with Gasteiger partial charge in [-0.25, -0.2) is 0 Å². The number of Topliss-reactive ketones (excluding diaryl/α,β-unsaturated/α-hetero) is 1. The number of ether oxygens (including phenoxy) is 1. The van der Waals surface area contributed by atoms with Crippen molar-refractivity contribution in [1.82, 2.24) is 0 Å². The number of hydrogen-bond donors (Lipinski definition) is 0. The van der Waals surface area contributed by atoms with Gasteiger partial charge in [0, 0.05) is 0 Å². The largest absolute Gasteiger partial charge is 0.496 e. The molecular weight excluding hydrogens is 221 g/mol. The van der Waals surface area contributed by atoms with Crippen LogP contribution in [0.15, 0.2) is 12.1 Å². The molecule has 0 aliphatic carbocycles. The Morgan fingerprint density at radius 3 is 2.25 bits per heavy atom. The molecule has 0 N–H and O–H groups in total.